The highest BCUT2D eigenvalue weighted by Crippen LogP contribution is 2.31. The maximum atomic E-state index is 10.6. The molecule has 0 spiro atoms. The molecule has 0 saturated carbocycles. The Morgan fingerprint density at radius 2 is 2.38 bits per heavy atom. The molecule has 6 heteroatoms. The van der Waals surface area contributed by atoms with Gasteiger partial charge in [-0.15, -0.1) is 0 Å². The molecule has 2 heterocycles. The molecule has 2 atom stereocenters. The summed E-state index contributed by atoms with van der Waals surface area (Å²) in [6, 6.07) is 5.68. The Balaban J connectivity index is 1.89. The number of nitrogen functional groups attached to an aromatic ring is 1. The lowest BCUT2D eigenvalue weighted by Gasteiger charge is -2.27. The molecule has 2 aromatic rings. The van der Waals surface area contributed by atoms with Gasteiger partial charge in [-0.25, -0.2) is 0 Å². The topological polar surface area (TPSA) is 80.4 Å². The first kappa shape index (κ1) is 14.6. The third-order valence-electron chi connectivity index (χ3n) is 4.09. The number of benzene rings is 1. The Morgan fingerprint density at radius 1 is 1.57 bits per heavy atom. The fourth-order valence-electron chi connectivity index (χ4n) is 2.61. The van der Waals surface area contributed by atoms with Crippen LogP contribution in [0.15, 0.2) is 28.9 Å². The largest absolute Gasteiger partial charge is 0.398 e. The van der Waals surface area contributed by atoms with Crippen LogP contribution in [0.1, 0.15) is 13.3 Å². The van der Waals surface area contributed by atoms with Crippen molar-refractivity contribution < 1.29 is 9.84 Å². The van der Waals surface area contributed by atoms with Gasteiger partial charge >= 0.3 is 0 Å². The van der Waals surface area contributed by atoms with Crippen molar-refractivity contribution >= 4 is 38.2 Å². The van der Waals surface area contributed by atoms with Gasteiger partial charge in [0.2, 0.25) is 0 Å². The maximum absolute atomic E-state index is 10.6. The fraction of sp³-hybridized carbons (Fsp3) is 0.400. The molecule has 21 heavy (non-hydrogen) atoms. The van der Waals surface area contributed by atoms with E-state index in [-0.39, 0.29) is 6.10 Å². The molecule has 0 amide bonds. The van der Waals surface area contributed by atoms with Crippen molar-refractivity contribution in [1.29, 1.82) is 0 Å². The predicted molar refractivity (Wildman–Crippen MR) is 87.3 cm³/mol. The minimum Gasteiger partial charge on any atom is -0.398 e. The zero-order valence-electron chi connectivity index (χ0n) is 11.8. The van der Waals surface area contributed by atoms with Crippen molar-refractivity contribution in [1.82, 2.24) is 4.98 Å². The number of nitrogens with zero attached hydrogens (tertiary/aromatic N) is 1. The SMILES string of the molecule is CC1OCCC1(O)CNc1ccc(N)c2cc(Br)cnc12. The Hall–Kier alpha value is -1.37. The van der Waals surface area contributed by atoms with Gasteiger partial charge in [-0.2, -0.15) is 0 Å². The molecule has 1 aliphatic heterocycles. The number of nitrogens with one attached hydrogen (secondary N) is 1. The Bertz CT molecular complexity index is 679. The van der Waals surface area contributed by atoms with Crippen LogP contribution in [0.25, 0.3) is 10.9 Å². The number of hydrogen-bond donors (Lipinski definition) is 3. The maximum Gasteiger partial charge on any atom is 0.110 e. The molecule has 1 aromatic carbocycles. The lowest BCUT2D eigenvalue weighted by atomic mass is 9.96. The predicted octanol–water partition coefficient (Wildman–Crippen LogP) is 2.53. The van der Waals surface area contributed by atoms with Crippen LogP contribution in [0, 0.1) is 0 Å². The van der Waals surface area contributed by atoms with E-state index in [2.05, 4.69) is 26.2 Å². The minimum absolute atomic E-state index is 0.174. The van der Waals surface area contributed by atoms with Crippen molar-refractivity contribution in [3.8, 4) is 0 Å². The molecule has 1 aromatic heterocycles. The zero-order chi connectivity index (χ0) is 15.0. The van der Waals surface area contributed by atoms with Crippen LogP contribution in [0.4, 0.5) is 11.4 Å². The molecule has 1 saturated heterocycles. The first-order valence-electron chi connectivity index (χ1n) is 6.91. The lowest BCUT2D eigenvalue weighted by molar-refractivity contribution is -0.0175. The second kappa shape index (κ2) is 5.44. The summed E-state index contributed by atoms with van der Waals surface area (Å²) >= 11 is 3.41. The number of nitrogens with two attached hydrogens (primary N) is 1. The van der Waals surface area contributed by atoms with Gasteiger partial charge in [0.15, 0.2) is 0 Å². The highest BCUT2D eigenvalue weighted by molar-refractivity contribution is 9.10. The van der Waals surface area contributed by atoms with Gasteiger partial charge in [-0.05, 0) is 41.1 Å². The van der Waals surface area contributed by atoms with Crippen molar-refractivity contribution in [2.75, 3.05) is 24.2 Å². The van der Waals surface area contributed by atoms with E-state index in [1.165, 1.54) is 0 Å². The number of rotatable bonds is 3. The fourth-order valence-corrected chi connectivity index (χ4v) is 2.94. The quantitative estimate of drug-likeness (QED) is 0.740. The van der Waals surface area contributed by atoms with Crippen LogP contribution in [-0.2, 0) is 4.74 Å². The zero-order valence-corrected chi connectivity index (χ0v) is 13.4. The summed E-state index contributed by atoms with van der Waals surface area (Å²) in [6.07, 6.45) is 2.20. The van der Waals surface area contributed by atoms with E-state index < -0.39 is 5.60 Å². The normalized spacial score (nSPS) is 25.4. The van der Waals surface area contributed by atoms with Gasteiger partial charge in [-0.1, -0.05) is 0 Å². The number of hydrogen-bond acceptors (Lipinski definition) is 5. The third-order valence-corrected chi connectivity index (χ3v) is 4.53. The highest BCUT2D eigenvalue weighted by Gasteiger charge is 2.39. The number of fused-ring (bicyclic) bond motifs is 1. The summed E-state index contributed by atoms with van der Waals surface area (Å²) in [5.41, 5.74) is 7.50. The summed E-state index contributed by atoms with van der Waals surface area (Å²) < 4.78 is 6.33. The van der Waals surface area contributed by atoms with Crippen LogP contribution >= 0.6 is 15.9 Å². The number of anilines is 2. The summed E-state index contributed by atoms with van der Waals surface area (Å²) in [5, 5.41) is 14.7. The second-order valence-electron chi connectivity index (χ2n) is 5.47. The summed E-state index contributed by atoms with van der Waals surface area (Å²) in [4.78, 5) is 4.43. The molecular weight excluding hydrogens is 334 g/mol. The Labute approximate surface area is 131 Å². The molecule has 2 unspecified atom stereocenters. The Kier molecular flexibility index (Phi) is 3.77. The lowest BCUT2D eigenvalue weighted by Crippen LogP contribution is -2.43. The van der Waals surface area contributed by atoms with E-state index in [1.54, 1.807) is 6.20 Å². The summed E-state index contributed by atoms with van der Waals surface area (Å²) in [5.74, 6) is 0. The number of halogens is 1. The molecule has 1 aliphatic rings. The minimum atomic E-state index is -0.844. The highest BCUT2D eigenvalue weighted by atomic mass is 79.9. The molecule has 0 bridgehead atoms. The van der Waals surface area contributed by atoms with Gasteiger partial charge in [0, 0.05) is 41.3 Å². The van der Waals surface area contributed by atoms with Crippen molar-refractivity contribution in [2.24, 2.45) is 0 Å². The van der Waals surface area contributed by atoms with Crippen LogP contribution in [0.3, 0.4) is 0 Å². The van der Waals surface area contributed by atoms with Gasteiger partial charge in [0.1, 0.15) is 5.60 Å². The van der Waals surface area contributed by atoms with E-state index >= 15 is 0 Å². The first-order chi connectivity index (χ1) is 9.99. The number of aliphatic hydroxyl groups is 1. The van der Waals surface area contributed by atoms with Crippen LogP contribution < -0.4 is 11.1 Å². The van der Waals surface area contributed by atoms with Gasteiger partial charge in [0.05, 0.1) is 17.3 Å². The van der Waals surface area contributed by atoms with Gasteiger partial charge in [-0.3, -0.25) is 4.98 Å². The molecule has 0 aliphatic carbocycles. The molecule has 3 rings (SSSR count). The number of pyridine rings is 1. The van der Waals surface area contributed by atoms with E-state index in [0.29, 0.717) is 25.3 Å². The van der Waals surface area contributed by atoms with Crippen molar-refractivity contribution in [3.63, 3.8) is 0 Å². The van der Waals surface area contributed by atoms with Crippen molar-refractivity contribution in [2.45, 2.75) is 25.0 Å². The monoisotopic (exact) mass is 351 g/mol. The molecule has 1 fully saturated rings. The average Bonchev–Trinajstić information content (AvgIpc) is 2.79. The van der Waals surface area contributed by atoms with Crippen LogP contribution in [-0.4, -0.2) is 34.9 Å². The molecule has 5 nitrogen and oxygen atoms in total. The van der Waals surface area contributed by atoms with E-state index in [9.17, 15) is 5.11 Å². The van der Waals surface area contributed by atoms with Crippen LogP contribution in [0.5, 0.6) is 0 Å². The standard InChI is InChI=1S/C15H18BrN3O2/c1-9-15(20,4-5-21-9)8-19-13-3-2-12(17)11-6-10(16)7-18-14(11)13/h2-3,6-7,9,19-20H,4-5,8,17H2,1H3. The molecular formula is C15H18BrN3O2. The Morgan fingerprint density at radius 3 is 3.10 bits per heavy atom. The van der Waals surface area contributed by atoms with E-state index in [4.69, 9.17) is 10.5 Å². The number of ether oxygens (including phenoxy) is 1. The molecule has 112 valence electrons. The first-order valence-corrected chi connectivity index (χ1v) is 7.70. The average molecular weight is 352 g/mol. The van der Waals surface area contributed by atoms with Crippen LogP contribution in [0.2, 0.25) is 0 Å². The summed E-state index contributed by atoms with van der Waals surface area (Å²) in [6.45, 7) is 2.91. The summed E-state index contributed by atoms with van der Waals surface area (Å²) in [7, 11) is 0. The van der Waals surface area contributed by atoms with Crippen molar-refractivity contribution in [3.05, 3.63) is 28.9 Å². The molecule has 4 N–H and O–H groups in total. The second-order valence-corrected chi connectivity index (χ2v) is 6.39. The van der Waals surface area contributed by atoms with E-state index in [0.717, 1.165) is 21.1 Å². The van der Waals surface area contributed by atoms with E-state index in [1.807, 2.05) is 25.1 Å². The smallest absolute Gasteiger partial charge is 0.110 e. The van der Waals surface area contributed by atoms with Gasteiger partial charge in [0.25, 0.3) is 0 Å². The van der Waals surface area contributed by atoms with Gasteiger partial charge < -0.3 is 20.9 Å². The third kappa shape index (κ3) is 2.71. The number of aromatic nitrogens is 1. The molecule has 0 radical (unpaired) electrons.